The predicted molar refractivity (Wildman–Crippen MR) is 71.4 cm³/mol. The lowest BCUT2D eigenvalue weighted by Crippen LogP contribution is -2.12. The summed E-state index contributed by atoms with van der Waals surface area (Å²) in [7, 11) is 1.34. The van der Waals surface area contributed by atoms with Gasteiger partial charge in [-0.05, 0) is 6.92 Å². The molecule has 0 unspecified atom stereocenters. The highest BCUT2D eigenvalue weighted by Crippen LogP contribution is 2.34. The van der Waals surface area contributed by atoms with Crippen molar-refractivity contribution in [1.82, 2.24) is 15.0 Å². The summed E-state index contributed by atoms with van der Waals surface area (Å²) in [6.07, 6.45) is -3.84. The van der Waals surface area contributed by atoms with Crippen molar-refractivity contribution < 1.29 is 13.2 Å². The monoisotopic (exact) mass is 314 g/mol. The molecular formula is C11H9F3N6S. The van der Waals surface area contributed by atoms with Crippen LogP contribution in [0, 0.1) is 18.3 Å². The van der Waals surface area contributed by atoms with Crippen LogP contribution >= 0.6 is 11.3 Å². The average Bonchev–Trinajstić information content (AvgIpc) is 2.78. The van der Waals surface area contributed by atoms with Gasteiger partial charge in [-0.1, -0.05) is 11.3 Å². The predicted octanol–water partition coefficient (Wildman–Crippen LogP) is 2.92. The molecule has 0 aliphatic rings. The van der Waals surface area contributed by atoms with E-state index in [1.807, 2.05) is 6.07 Å². The number of nitrogens with zero attached hydrogens (tertiary/aromatic N) is 4. The second-order valence-electron chi connectivity index (χ2n) is 3.87. The van der Waals surface area contributed by atoms with E-state index in [9.17, 15) is 13.2 Å². The van der Waals surface area contributed by atoms with E-state index < -0.39 is 11.7 Å². The van der Waals surface area contributed by atoms with Crippen molar-refractivity contribution in [3.05, 3.63) is 22.5 Å². The molecule has 110 valence electrons. The van der Waals surface area contributed by atoms with Crippen LogP contribution in [0.3, 0.4) is 0 Å². The molecule has 21 heavy (non-hydrogen) atoms. The highest BCUT2D eigenvalue weighted by Gasteiger charge is 2.35. The molecule has 0 aliphatic heterocycles. The molecule has 10 heteroatoms. The van der Waals surface area contributed by atoms with E-state index >= 15 is 0 Å². The molecule has 0 saturated heterocycles. The number of anilines is 3. The first-order chi connectivity index (χ1) is 9.85. The molecule has 0 fully saturated rings. The van der Waals surface area contributed by atoms with E-state index in [1.165, 1.54) is 7.05 Å². The van der Waals surface area contributed by atoms with Gasteiger partial charge in [0.2, 0.25) is 5.95 Å². The van der Waals surface area contributed by atoms with Gasteiger partial charge in [-0.2, -0.15) is 23.4 Å². The van der Waals surface area contributed by atoms with Crippen LogP contribution in [0.5, 0.6) is 0 Å². The second-order valence-corrected chi connectivity index (χ2v) is 4.87. The molecule has 0 saturated carbocycles. The van der Waals surface area contributed by atoms with Gasteiger partial charge in [0, 0.05) is 13.2 Å². The number of halogens is 3. The summed E-state index contributed by atoms with van der Waals surface area (Å²) >= 11 is 1.07. The van der Waals surface area contributed by atoms with E-state index in [0.717, 1.165) is 11.3 Å². The average molecular weight is 314 g/mol. The molecule has 0 radical (unpaired) electrons. The molecule has 2 rings (SSSR count). The molecule has 2 N–H and O–H groups in total. The first-order valence-corrected chi connectivity index (χ1v) is 6.43. The van der Waals surface area contributed by atoms with Crippen molar-refractivity contribution in [2.45, 2.75) is 13.1 Å². The van der Waals surface area contributed by atoms with Crippen molar-refractivity contribution in [3.63, 3.8) is 0 Å². The standard InChI is InChI=1S/C11H9F3N6S/c1-5-9(21-7(3-15)18-5)20-10-17-4-6(11(12,13)14)8(16-2)19-10/h4H,1-2H3,(H2,16,17,19,20). The summed E-state index contributed by atoms with van der Waals surface area (Å²) in [5, 5.41) is 14.6. The van der Waals surface area contributed by atoms with Gasteiger partial charge in [-0.3, -0.25) is 0 Å². The third-order valence-electron chi connectivity index (χ3n) is 2.45. The lowest BCUT2D eigenvalue weighted by atomic mass is 10.3. The Morgan fingerprint density at radius 3 is 2.57 bits per heavy atom. The number of thiazole rings is 1. The van der Waals surface area contributed by atoms with Crippen molar-refractivity contribution >= 4 is 28.1 Å². The maximum absolute atomic E-state index is 12.7. The van der Waals surface area contributed by atoms with Gasteiger partial charge >= 0.3 is 6.18 Å². The lowest BCUT2D eigenvalue weighted by molar-refractivity contribution is -0.137. The van der Waals surface area contributed by atoms with Gasteiger partial charge in [-0.25, -0.2) is 9.97 Å². The molecule has 0 aliphatic carbocycles. The van der Waals surface area contributed by atoms with Gasteiger partial charge < -0.3 is 10.6 Å². The summed E-state index contributed by atoms with van der Waals surface area (Å²) in [4.78, 5) is 11.4. The molecule has 0 atom stereocenters. The molecule has 6 nitrogen and oxygen atoms in total. The van der Waals surface area contributed by atoms with E-state index in [4.69, 9.17) is 5.26 Å². The number of nitriles is 1. The molecule has 2 heterocycles. The van der Waals surface area contributed by atoms with Crippen LogP contribution in [0.1, 0.15) is 16.3 Å². The highest BCUT2D eigenvalue weighted by molar-refractivity contribution is 7.16. The zero-order valence-corrected chi connectivity index (χ0v) is 11.7. The quantitative estimate of drug-likeness (QED) is 0.906. The minimum absolute atomic E-state index is 0.0106. The van der Waals surface area contributed by atoms with Crippen LogP contribution in [-0.4, -0.2) is 22.0 Å². The number of hydrogen-bond acceptors (Lipinski definition) is 7. The van der Waals surface area contributed by atoms with E-state index in [-0.39, 0.29) is 16.8 Å². The summed E-state index contributed by atoms with van der Waals surface area (Å²) in [5.41, 5.74) is -0.402. The smallest absolute Gasteiger partial charge is 0.372 e. The topological polar surface area (TPSA) is 86.5 Å². The van der Waals surface area contributed by atoms with E-state index in [0.29, 0.717) is 16.9 Å². The Morgan fingerprint density at radius 1 is 1.33 bits per heavy atom. The summed E-state index contributed by atoms with van der Waals surface area (Å²) in [6.45, 7) is 1.67. The first kappa shape index (κ1) is 15.0. The number of alkyl halides is 3. The number of nitrogens with one attached hydrogen (secondary N) is 2. The van der Waals surface area contributed by atoms with Crippen LogP contribution in [0.15, 0.2) is 6.20 Å². The number of hydrogen-bond donors (Lipinski definition) is 2. The maximum atomic E-state index is 12.7. The maximum Gasteiger partial charge on any atom is 0.421 e. The second kappa shape index (κ2) is 5.53. The van der Waals surface area contributed by atoms with Gasteiger partial charge in [-0.15, -0.1) is 0 Å². The zero-order chi connectivity index (χ0) is 15.6. The Labute approximate surface area is 121 Å². The van der Waals surface area contributed by atoms with Crippen molar-refractivity contribution in [1.29, 1.82) is 5.26 Å². The van der Waals surface area contributed by atoms with Crippen LogP contribution in [0.4, 0.5) is 29.9 Å². The fourth-order valence-electron chi connectivity index (χ4n) is 1.50. The molecule has 0 bridgehead atoms. The number of aromatic nitrogens is 3. The number of aryl methyl sites for hydroxylation is 1. The Balaban J connectivity index is 2.33. The van der Waals surface area contributed by atoms with Gasteiger partial charge in [0.1, 0.15) is 22.5 Å². The van der Waals surface area contributed by atoms with Crippen molar-refractivity contribution in [3.8, 4) is 6.07 Å². The minimum atomic E-state index is -4.54. The van der Waals surface area contributed by atoms with E-state index in [2.05, 4.69) is 25.6 Å². The largest absolute Gasteiger partial charge is 0.421 e. The third kappa shape index (κ3) is 3.19. The molecule has 2 aromatic heterocycles. The molecule has 0 spiro atoms. The van der Waals surface area contributed by atoms with Gasteiger partial charge in [0.15, 0.2) is 5.01 Å². The van der Waals surface area contributed by atoms with Crippen molar-refractivity contribution in [2.75, 3.05) is 17.7 Å². The van der Waals surface area contributed by atoms with Crippen LogP contribution < -0.4 is 10.6 Å². The zero-order valence-electron chi connectivity index (χ0n) is 10.9. The molecule has 2 aromatic rings. The fraction of sp³-hybridized carbons (Fsp3) is 0.273. The SMILES string of the molecule is CNc1nc(Nc2sc(C#N)nc2C)ncc1C(F)(F)F. The first-order valence-electron chi connectivity index (χ1n) is 5.61. The Hall–Kier alpha value is -2.41. The Morgan fingerprint density at radius 2 is 2.05 bits per heavy atom. The Kier molecular flexibility index (Phi) is 3.95. The Bertz CT molecular complexity index is 703. The lowest BCUT2D eigenvalue weighted by Gasteiger charge is -2.12. The van der Waals surface area contributed by atoms with Crippen LogP contribution in [-0.2, 0) is 6.18 Å². The van der Waals surface area contributed by atoms with Crippen molar-refractivity contribution in [2.24, 2.45) is 0 Å². The summed E-state index contributed by atoms with van der Waals surface area (Å²) in [6, 6.07) is 1.89. The minimum Gasteiger partial charge on any atom is -0.372 e. The van der Waals surface area contributed by atoms with Crippen LogP contribution in [0.2, 0.25) is 0 Å². The third-order valence-corrected chi connectivity index (χ3v) is 3.43. The summed E-state index contributed by atoms with van der Waals surface area (Å²) in [5.74, 6) is -0.341. The van der Waals surface area contributed by atoms with E-state index in [1.54, 1.807) is 6.92 Å². The summed E-state index contributed by atoms with van der Waals surface area (Å²) < 4.78 is 38.2. The molecule has 0 amide bonds. The normalized spacial score (nSPS) is 11.0. The van der Waals surface area contributed by atoms with Crippen LogP contribution in [0.25, 0.3) is 0 Å². The molecule has 0 aromatic carbocycles. The fourth-order valence-corrected chi connectivity index (χ4v) is 2.26. The van der Waals surface area contributed by atoms with Gasteiger partial charge in [0.05, 0.1) is 5.69 Å². The highest BCUT2D eigenvalue weighted by atomic mass is 32.1. The number of rotatable bonds is 3. The van der Waals surface area contributed by atoms with Gasteiger partial charge in [0.25, 0.3) is 0 Å². The molecular weight excluding hydrogens is 305 g/mol.